The van der Waals surface area contributed by atoms with E-state index in [0.717, 1.165) is 89.0 Å². The molecule has 0 spiro atoms. The van der Waals surface area contributed by atoms with Crippen molar-refractivity contribution in [1.29, 1.82) is 0 Å². The van der Waals surface area contributed by atoms with Crippen LogP contribution in [0.15, 0.2) is 283 Å². The first-order chi connectivity index (χ1) is 37.2. The molecule has 3 nitrogen and oxygen atoms in total. The summed E-state index contributed by atoms with van der Waals surface area (Å²) in [6, 6.07) is 102. The number of fused-ring (bicyclic) bond motifs is 11. The fourth-order valence-electron chi connectivity index (χ4n) is 11.8. The molecule has 15 aromatic rings. The van der Waals surface area contributed by atoms with Crippen molar-refractivity contribution in [1.82, 2.24) is 4.57 Å². The fraction of sp³-hybridized carbons (Fsp3) is 0. The largest absolute Gasteiger partial charge is 0.455 e. The minimum Gasteiger partial charge on any atom is -0.455 e. The number of furan rings is 1. The molecule has 0 saturated heterocycles. The van der Waals surface area contributed by atoms with E-state index in [0.29, 0.717) is 0 Å². The molecule has 350 valence electrons. The van der Waals surface area contributed by atoms with E-state index in [9.17, 15) is 0 Å². The van der Waals surface area contributed by atoms with Crippen molar-refractivity contribution in [3.05, 3.63) is 279 Å². The number of benzene rings is 13. The quantitative estimate of drug-likeness (QED) is 0.142. The van der Waals surface area contributed by atoms with Gasteiger partial charge < -0.3 is 13.9 Å². The van der Waals surface area contributed by atoms with Gasteiger partial charge in [-0.3, -0.25) is 0 Å². The van der Waals surface area contributed by atoms with Gasteiger partial charge in [0.25, 0.3) is 0 Å². The predicted molar refractivity (Wildman–Crippen MR) is 317 cm³/mol. The highest BCUT2D eigenvalue weighted by atomic mass is 16.3. The molecule has 0 radical (unpaired) electrons. The van der Waals surface area contributed by atoms with Crippen molar-refractivity contribution < 1.29 is 4.42 Å². The van der Waals surface area contributed by atoms with Crippen LogP contribution < -0.4 is 4.90 Å². The molecule has 0 bridgehead atoms. The van der Waals surface area contributed by atoms with Gasteiger partial charge in [0.05, 0.1) is 16.7 Å². The third kappa shape index (κ3) is 7.12. The molecular formula is C72H46N2O. The molecule has 0 aliphatic heterocycles. The second-order valence-corrected chi connectivity index (χ2v) is 19.6. The van der Waals surface area contributed by atoms with E-state index in [1.54, 1.807) is 0 Å². The number of nitrogens with zero attached hydrogens (tertiary/aromatic N) is 2. The molecule has 75 heavy (non-hydrogen) atoms. The highest BCUT2D eigenvalue weighted by molar-refractivity contribution is 6.17. The Bertz CT molecular complexity index is 4660. The molecule has 2 heterocycles. The third-order valence-electron chi connectivity index (χ3n) is 15.3. The Morgan fingerprint density at radius 2 is 0.813 bits per heavy atom. The fourth-order valence-corrected chi connectivity index (χ4v) is 11.8. The first-order valence-corrected chi connectivity index (χ1v) is 25.7. The van der Waals surface area contributed by atoms with Crippen LogP contribution in [0.2, 0.25) is 0 Å². The summed E-state index contributed by atoms with van der Waals surface area (Å²) in [5.74, 6) is 0. The van der Waals surface area contributed by atoms with Gasteiger partial charge in [-0.05, 0) is 133 Å². The normalized spacial score (nSPS) is 11.7. The Kier molecular flexibility index (Phi) is 9.89. The van der Waals surface area contributed by atoms with Crippen LogP contribution in [0.4, 0.5) is 17.1 Å². The summed E-state index contributed by atoms with van der Waals surface area (Å²) in [4.78, 5) is 2.42. The van der Waals surface area contributed by atoms with Crippen molar-refractivity contribution >= 4 is 93.1 Å². The van der Waals surface area contributed by atoms with Gasteiger partial charge in [-0.1, -0.05) is 206 Å². The zero-order valence-corrected chi connectivity index (χ0v) is 40.9. The lowest BCUT2D eigenvalue weighted by atomic mass is 9.93. The number of rotatable bonds is 8. The summed E-state index contributed by atoms with van der Waals surface area (Å²) in [5, 5.41) is 12.0. The smallest absolute Gasteiger partial charge is 0.143 e. The molecule has 0 amide bonds. The SMILES string of the molecule is c1ccc(-c2cc(-c3ccc4c(ccc5ccccc54)c3)ccc2N(c2ccc(-c3cccc(-n4c5ccccc5c5ccccc54)c3)cc2)c2cccc(-c3cccc4c3oc3c5ccccc5ccc43)c2)cc1. The summed E-state index contributed by atoms with van der Waals surface area (Å²) in [6.07, 6.45) is 0. The molecule has 0 atom stereocenters. The Morgan fingerprint density at radius 1 is 0.267 bits per heavy atom. The van der Waals surface area contributed by atoms with Crippen molar-refractivity contribution in [2.24, 2.45) is 0 Å². The van der Waals surface area contributed by atoms with Gasteiger partial charge in [-0.2, -0.15) is 0 Å². The summed E-state index contributed by atoms with van der Waals surface area (Å²) in [6.45, 7) is 0. The van der Waals surface area contributed by atoms with Crippen molar-refractivity contribution in [3.63, 3.8) is 0 Å². The van der Waals surface area contributed by atoms with E-state index < -0.39 is 0 Å². The number of hydrogen-bond donors (Lipinski definition) is 0. The zero-order chi connectivity index (χ0) is 49.4. The van der Waals surface area contributed by atoms with E-state index in [1.807, 2.05) is 0 Å². The van der Waals surface area contributed by atoms with Crippen LogP contribution in [-0.4, -0.2) is 4.57 Å². The zero-order valence-electron chi connectivity index (χ0n) is 40.9. The molecular weight excluding hydrogens is 909 g/mol. The van der Waals surface area contributed by atoms with Crippen molar-refractivity contribution in [2.45, 2.75) is 0 Å². The molecule has 2 aromatic heterocycles. The third-order valence-corrected chi connectivity index (χ3v) is 15.3. The average molecular weight is 955 g/mol. The summed E-state index contributed by atoms with van der Waals surface area (Å²) in [5.41, 5.74) is 17.5. The molecule has 0 aliphatic carbocycles. The van der Waals surface area contributed by atoms with Crippen LogP contribution in [0, 0.1) is 0 Å². The summed E-state index contributed by atoms with van der Waals surface area (Å²) in [7, 11) is 0. The van der Waals surface area contributed by atoms with Crippen molar-refractivity contribution in [3.8, 4) is 50.2 Å². The molecule has 0 unspecified atom stereocenters. The first kappa shape index (κ1) is 42.7. The van der Waals surface area contributed by atoms with Gasteiger partial charge >= 0.3 is 0 Å². The number of para-hydroxylation sites is 3. The van der Waals surface area contributed by atoms with E-state index in [2.05, 4.69) is 289 Å². The van der Waals surface area contributed by atoms with Crippen LogP contribution in [0.3, 0.4) is 0 Å². The highest BCUT2D eigenvalue weighted by Gasteiger charge is 2.22. The van der Waals surface area contributed by atoms with Crippen LogP contribution >= 0.6 is 0 Å². The maximum Gasteiger partial charge on any atom is 0.143 e. The minimum atomic E-state index is 0.887. The molecule has 15 rings (SSSR count). The van der Waals surface area contributed by atoms with Gasteiger partial charge in [0, 0.05) is 55.1 Å². The number of anilines is 3. The van der Waals surface area contributed by atoms with Gasteiger partial charge in [0.15, 0.2) is 0 Å². The summed E-state index contributed by atoms with van der Waals surface area (Å²) < 4.78 is 9.30. The lowest BCUT2D eigenvalue weighted by molar-refractivity contribution is 0.674. The number of hydrogen-bond acceptors (Lipinski definition) is 2. The first-order valence-electron chi connectivity index (χ1n) is 25.7. The van der Waals surface area contributed by atoms with E-state index in [1.165, 1.54) is 54.3 Å². The summed E-state index contributed by atoms with van der Waals surface area (Å²) >= 11 is 0. The van der Waals surface area contributed by atoms with Crippen LogP contribution in [0.1, 0.15) is 0 Å². The van der Waals surface area contributed by atoms with Crippen LogP contribution in [0.5, 0.6) is 0 Å². The standard InChI is InChI=1S/C72H46N2O/c1-2-15-48(16-3-1)67-46-53(52-36-40-60-55(43-52)32-31-49-17-4-6-23-59(49)60)37-42-70(67)73(57-21-13-20-54(45-57)62-27-14-28-65-66-41-35-50-18-5-7-24-61(50)71(66)75-72(62)65)56-38-33-47(34-39-56)51-19-12-22-58(44-51)74-68-29-10-8-25-63(68)64-26-9-11-30-69(64)74/h1-46H. The van der Waals surface area contributed by atoms with Gasteiger partial charge in [0.2, 0.25) is 0 Å². The second-order valence-electron chi connectivity index (χ2n) is 19.6. The predicted octanol–water partition coefficient (Wildman–Crippen LogP) is 20.3. The molecule has 0 aliphatic rings. The number of aromatic nitrogens is 1. The monoisotopic (exact) mass is 954 g/mol. The van der Waals surface area contributed by atoms with Gasteiger partial charge in [0.1, 0.15) is 11.2 Å². The second kappa shape index (κ2) is 17.4. The average Bonchev–Trinajstić information content (AvgIpc) is 4.07. The Morgan fingerprint density at radius 3 is 1.63 bits per heavy atom. The Balaban J connectivity index is 0.891. The molecule has 0 saturated carbocycles. The van der Waals surface area contributed by atoms with Gasteiger partial charge in [-0.15, -0.1) is 0 Å². The minimum absolute atomic E-state index is 0.887. The van der Waals surface area contributed by atoms with E-state index >= 15 is 0 Å². The van der Waals surface area contributed by atoms with Crippen LogP contribution in [-0.2, 0) is 0 Å². The molecule has 3 heteroatoms. The maximum absolute atomic E-state index is 6.92. The van der Waals surface area contributed by atoms with Gasteiger partial charge in [-0.25, -0.2) is 0 Å². The lowest BCUT2D eigenvalue weighted by Gasteiger charge is -2.29. The van der Waals surface area contributed by atoms with E-state index in [-0.39, 0.29) is 0 Å². The Hall–Kier alpha value is -9.96. The molecule has 0 fully saturated rings. The topological polar surface area (TPSA) is 21.3 Å². The lowest BCUT2D eigenvalue weighted by Crippen LogP contribution is -2.11. The molecule has 13 aromatic carbocycles. The maximum atomic E-state index is 6.92. The van der Waals surface area contributed by atoms with Crippen LogP contribution in [0.25, 0.3) is 126 Å². The Labute approximate surface area is 434 Å². The molecule has 0 N–H and O–H groups in total. The van der Waals surface area contributed by atoms with Crippen molar-refractivity contribution in [2.75, 3.05) is 4.90 Å². The highest BCUT2D eigenvalue weighted by Crippen LogP contribution is 2.46. The van der Waals surface area contributed by atoms with E-state index in [4.69, 9.17) is 4.42 Å².